The molecule has 0 unspecified atom stereocenters. The molecule has 0 bridgehead atoms. The Balaban J connectivity index is 1.69. The van der Waals surface area contributed by atoms with E-state index in [9.17, 15) is 13.2 Å². The zero-order chi connectivity index (χ0) is 27.0. The predicted octanol–water partition coefficient (Wildman–Crippen LogP) is 4.62. The molecule has 1 N–H and O–H groups in total. The highest BCUT2D eigenvalue weighted by atomic mass is 32.2. The second-order valence-corrected chi connectivity index (χ2v) is 11.4. The number of hydrogen-bond donors (Lipinski definition) is 1. The molecular formula is C28H31N5O4S. The summed E-state index contributed by atoms with van der Waals surface area (Å²) in [4.78, 5) is 18.4. The highest BCUT2D eigenvalue weighted by molar-refractivity contribution is 7.89. The number of sulfonamides is 1. The van der Waals surface area contributed by atoms with Gasteiger partial charge in [-0.05, 0) is 74.6 Å². The molecule has 0 radical (unpaired) electrons. The van der Waals surface area contributed by atoms with Crippen LogP contribution in [0.25, 0.3) is 16.8 Å². The molecule has 1 saturated heterocycles. The summed E-state index contributed by atoms with van der Waals surface area (Å²) in [5.41, 5.74) is 4.93. The van der Waals surface area contributed by atoms with Gasteiger partial charge in [-0.15, -0.1) is 0 Å². The Morgan fingerprint density at radius 3 is 2.55 bits per heavy atom. The molecule has 1 fully saturated rings. The van der Waals surface area contributed by atoms with Crippen molar-refractivity contribution in [2.75, 3.05) is 25.5 Å². The van der Waals surface area contributed by atoms with E-state index in [0.29, 0.717) is 35.6 Å². The molecule has 1 amide bonds. The Kier molecular flexibility index (Phi) is 6.93. The molecule has 38 heavy (non-hydrogen) atoms. The maximum atomic E-state index is 13.6. The highest BCUT2D eigenvalue weighted by Gasteiger charge is 2.31. The van der Waals surface area contributed by atoms with Gasteiger partial charge < -0.3 is 10.1 Å². The summed E-state index contributed by atoms with van der Waals surface area (Å²) in [7, 11) is -2.34. The van der Waals surface area contributed by atoms with Crippen molar-refractivity contribution in [3.63, 3.8) is 0 Å². The van der Waals surface area contributed by atoms with E-state index in [2.05, 4.69) is 17.3 Å². The van der Waals surface area contributed by atoms with Crippen LogP contribution in [0.15, 0.2) is 53.4 Å². The van der Waals surface area contributed by atoms with Gasteiger partial charge in [0.25, 0.3) is 5.91 Å². The van der Waals surface area contributed by atoms with Crippen LogP contribution in [0.1, 0.15) is 47.2 Å². The number of methoxy groups -OCH3 is 1. The van der Waals surface area contributed by atoms with Crippen LogP contribution in [-0.4, -0.2) is 53.4 Å². The average Bonchev–Trinajstić information content (AvgIpc) is 3.58. The fourth-order valence-corrected chi connectivity index (χ4v) is 6.61. The Bertz CT molecular complexity index is 1640. The quantitative estimate of drug-likeness (QED) is 0.372. The van der Waals surface area contributed by atoms with E-state index in [1.54, 1.807) is 22.7 Å². The lowest BCUT2D eigenvalue weighted by atomic mass is 10.0. The highest BCUT2D eigenvalue weighted by Crippen LogP contribution is 2.36. The van der Waals surface area contributed by atoms with Gasteiger partial charge in [-0.3, -0.25) is 4.79 Å². The van der Waals surface area contributed by atoms with Crippen molar-refractivity contribution in [2.24, 2.45) is 0 Å². The first-order valence-corrected chi connectivity index (χ1v) is 14.1. The minimum Gasteiger partial charge on any atom is -0.495 e. The number of rotatable bonds is 7. The first kappa shape index (κ1) is 25.9. The minimum absolute atomic E-state index is 0.0603. The van der Waals surface area contributed by atoms with Crippen LogP contribution in [-0.2, 0) is 16.4 Å². The Labute approximate surface area is 222 Å². The smallest absolute Gasteiger partial charge is 0.276 e. The fourth-order valence-electron chi connectivity index (χ4n) is 4.91. The van der Waals surface area contributed by atoms with Crippen LogP contribution in [0.2, 0.25) is 0 Å². The summed E-state index contributed by atoms with van der Waals surface area (Å²) in [6.07, 6.45) is 2.48. The lowest BCUT2D eigenvalue weighted by Crippen LogP contribution is -2.28. The van der Waals surface area contributed by atoms with Gasteiger partial charge in [-0.1, -0.05) is 25.1 Å². The van der Waals surface area contributed by atoms with Crippen LogP contribution in [0.3, 0.4) is 0 Å². The van der Waals surface area contributed by atoms with Crippen LogP contribution < -0.4 is 10.1 Å². The van der Waals surface area contributed by atoms with Gasteiger partial charge in [0.05, 0.1) is 12.7 Å². The molecule has 1 aliphatic rings. The van der Waals surface area contributed by atoms with E-state index in [1.165, 1.54) is 11.4 Å². The molecule has 0 spiro atoms. The number of amides is 1. The molecule has 0 atom stereocenters. The van der Waals surface area contributed by atoms with Crippen molar-refractivity contribution in [3.05, 3.63) is 71.2 Å². The Morgan fingerprint density at radius 1 is 1.08 bits per heavy atom. The third-order valence-corrected chi connectivity index (χ3v) is 8.76. The number of carbonyl (C=O) groups is 1. The Morgan fingerprint density at radius 2 is 1.84 bits per heavy atom. The Hall–Kier alpha value is -3.76. The van der Waals surface area contributed by atoms with Crippen molar-refractivity contribution in [3.8, 4) is 16.9 Å². The van der Waals surface area contributed by atoms with E-state index in [0.717, 1.165) is 36.2 Å². The minimum atomic E-state index is -3.79. The summed E-state index contributed by atoms with van der Waals surface area (Å²) in [6, 6.07) is 14.5. The first-order chi connectivity index (χ1) is 18.2. The summed E-state index contributed by atoms with van der Waals surface area (Å²) in [5.74, 6) is -0.157. The molecular weight excluding hydrogens is 502 g/mol. The molecule has 1 aliphatic heterocycles. The number of nitrogens with one attached hydrogen (secondary N) is 1. The van der Waals surface area contributed by atoms with E-state index in [1.807, 2.05) is 44.2 Å². The standard InChI is InChI=1S/C28H31N5O4S/c1-5-20-9-8-10-22(16-20)30-28(34)26-25(27-29-18(2)15-19(3)33(27)31-26)21-11-12-23(37-4)24(17-21)38(35,36)32-13-6-7-14-32/h8-12,15-17H,5-7,13-14H2,1-4H3,(H,30,34). The molecule has 0 aliphatic carbocycles. The molecule has 4 aromatic rings. The number of carbonyl (C=O) groups excluding carboxylic acids is 1. The number of hydrogen-bond acceptors (Lipinski definition) is 6. The van der Waals surface area contributed by atoms with Gasteiger partial charge in [0.1, 0.15) is 10.6 Å². The number of anilines is 1. The molecule has 2 aromatic carbocycles. The number of fused-ring (bicyclic) bond motifs is 1. The maximum Gasteiger partial charge on any atom is 0.276 e. The number of ether oxygens (including phenoxy) is 1. The first-order valence-electron chi connectivity index (χ1n) is 12.7. The van der Waals surface area contributed by atoms with Crippen LogP contribution in [0, 0.1) is 13.8 Å². The average molecular weight is 534 g/mol. The molecule has 10 heteroatoms. The van der Waals surface area contributed by atoms with E-state index >= 15 is 0 Å². The second-order valence-electron chi connectivity index (χ2n) is 9.48. The molecule has 9 nitrogen and oxygen atoms in total. The zero-order valence-corrected chi connectivity index (χ0v) is 22.8. The number of aryl methyl sites for hydroxylation is 3. The SMILES string of the molecule is CCc1cccc(NC(=O)c2nn3c(C)cc(C)nc3c2-c2ccc(OC)c(S(=O)(=O)N3CCCC3)c2)c1. The van der Waals surface area contributed by atoms with Gasteiger partial charge in [0.2, 0.25) is 10.0 Å². The van der Waals surface area contributed by atoms with Crippen molar-refractivity contribution in [2.45, 2.75) is 44.9 Å². The van der Waals surface area contributed by atoms with Gasteiger partial charge in [-0.25, -0.2) is 17.9 Å². The lowest BCUT2D eigenvalue weighted by Gasteiger charge is -2.18. The summed E-state index contributed by atoms with van der Waals surface area (Å²) in [6.45, 7) is 6.75. The lowest BCUT2D eigenvalue weighted by molar-refractivity contribution is 0.102. The van der Waals surface area contributed by atoms with E-state index in [4.69, 9.17) is 9.72 Å². The van der Waals surface area contributed by atoms with Gasteiger partial charge in [0, 0.05) is 30.2 Å². The largest absolute Gasteiger partial charge is 0.495 e. The van der Waals surface area contributed by atoms with Gasteiger partial charge in [0.15, 0.2) is 11.3 Å². The van der Waals surface area contributed by atoms with E-state index in [-0.39, 0.29) is 16.3 Å². The second kappa shape index (κ2) is 10.2. The summed E-state index contributed by atoms with van der Waals surface area (Å²) < 4.78 is 35.7. The van der Waals surface area contributed by atoms with Crippen molar-refractivity contribution < 1.29 is 17.9 Å². The van der Waals surface area contributed by atoms with Crippen LogP contribution in [0.4, 0.5) is 5.69 Å². The number of aromatic nitrogens is 3. The third-order valence-electron chi connectivity index (χ3n) is 6.84. The number of benzene rings is 2. The molecule has 3 heterocycles. The maximum absolute atomic E-state index is 13.6. The third kappa shape index (κ3) is 4.65. The van der Waals surface area contributed by atoms with Crippen molar-refractivity contribution >= 4 is 27.3 Å². The predicted molar refractivity (Wildman–Crippen MR) is 146 cm³/mol. The zero-order valence-electron chi connectivity index (χ0n) is 22.0. The van der Waals surface area contributed by atoms with Crippen molar-refractivity contribution in [1.29, 1.82) is 0 Å². The van der Waals surface area contributed by atoms with E-state index < -0.39 is 15.9 Å². The van der Waals surface area contributed by atoms with Gasteiger partial charge >= 0.3 is 0 Å². The van der Waals surface area contributed by atoms with Crippen LogP contribution in [0.5, 0.6) is 5.75 Å². The van der Waals surface area contributed by atoms with Gasteiger partial charge in [-0.2, -0.15) is 9.40 Å². The van der Waals surface area contributed by atoms with Crippen molar-refractivity contribution in [1.82, 2.24) is 18.9 Å². The summed E-state index contributed by atoms with van der Waals surface area (Å²) >= 11 is 0. The topological polar surface area (TPSA) is 106 Å². The molecule has 5 rings (SSSR count). The fraction of sp³-hybridized carbons (Fsp3) is 0.321. The monoisotopic (exact) mass is 533 g/mol. The summed E-state index contributed by atoms with van der Waals surface area (Å²) in [5, 5.41) is 7.59. The molecule has 198 valence electrons. The normalized spacial score (nSPS) is 14.2. The van der Waals surface area contributed by atoms with Crippen LogP contribution >= 0.6 is 0 Å². The molecule has 0 saturated carbocycles. The molecule has 2 aromatic heterocycles. The number of nitrogens with zero attached hydrogens (tertiary/aromatic N) is 4.